The Bertz CT molecular complexity index is 266. The molecule has 0 aliphatic heterocycles. The van der Waals surface area contributed by atoms with E-state index in [4.69, 9.17) is 11.6 Å². The third kappa shape index (κ3) is 4.47. The molecule has 78 valence electrons. The molecule has 0 N–H and O–H groups in total. The highest BCUT2D eigenvalue weighted by molar-refractivity contribution is 9.10. The van der Waals surface area contributed by atoms with Crippen molar-refractivity contribution < 1.29 is 0 Å². The van der Waals surface area contributed by atoms with Crippen molar-refractivity contribution in [2.24, 2.45) is 5.92 Å². The molecule has 0 saturated heterocycles. The highest BCUT2D eigenvalue weighted by Crippen LogP contribution is 2.17. The molecule has 0 saturated carbocycles. The maximum Gasteiger partial charge on any atom is 0.0378 e. The van der Waals surface area contributed by atoms with Crippen LogP contribution < -0.4 is 0 Å². The van der Waals surface area contributed by atoms with Crippen molar-refractivity contribution in [3.8, 4) is 0 Å². The molecule has 1 aromatic carbocycles. The summed E-state index contributed by atoms with van der Waals surface area (Å²) in [7, 11) is 0. The second-order valence-electron chi connectivity index (χ2n) is 4.06. The SMILES string of the molecule is CC(C)CC(Cl)Cc1ccc(Br)cc1. The molecule has 0 spiro atoms. The summed E-state index contributed by atoms with van der Waals surface area (Å²) >= 11 is 9.66. The number of hydrogen-bond acceptors (Lipinski definition) is 0. The van der Waals surface area contributed by atoms with Crippen LogP contribution in [0.1, 0.15) is 25.8 Å². The monoisotopic (exact) mass is 274 g/mol. The van der Waals surface area contributed by atoms with Crippen molar-refractivity contribution in [3.63, 3.8) is 0 Å². The van der Waals surface area contributed by atoms with Crippen molar-refractivity contribution in [1.82, 2.24) is 0 Å². The summed E-state index contributed by atoms with van der Waals surface area (Å²) in [6.07, 6.45) is 2.05. The zero-order valence-electron chi connectivity index (χ0n) is 8.63. The molecular formula is C12H16BrCl. The number of halogens is 2. The summed E-state index contributed by atoms with van der Waals surface area (Å²) in [6.45, 7) is 4.41. The lowest BCUT2D eigenvalue weighted by atomic mass is 10.0. The number of alkyl halides is 1. The number of benzene rings is 1. The first kappa shape index (κ1) is 12.1. The van der Waals surface area contributed by atoms with Crippen LogP contribution in [0.25, 0.3) is 0 Å². The van der Waals surface area contributed by atoms with E-state index in [0.29, 0.717) is 5.92 Å². The van der Waals surface area contributed by atoms with E-state index in [2.05, 4.69) is 54.0 Å². The lowest BCUT2D eigenvalue weighted by molar-refractivity contribution is 0.561. The van der Waals surface area contributed by atoms with Gasteiger partial charge in [0.1, 0.15) is 0 Å². The van der Waals surface area contributed by atoms with Gasteiger partial charge in [0.15, 0.2) is 0 Å². The molecule has 0 amide bonds. The minimum atomic E-state index is 0.260. The van der Waals surface area contributed by atoms with Gasteiger partial charge in [0.2, 0.25) is 0 Å². The maximum absolute atomic E-state index is 6.24. The molecule has 0 fully saturated rings. The fourth-order valence-corrected chi connectivity index (χ4v) is 2.27. The first-order valence-electron chi connectivity index (χ1n) is 4.96. The maximum atomic E-state index is 6.24. The van der Waals surface area contributed by atoms with Crippen molar-refractivity contribution in [2.45, 2.75) is 32.1 Å². The second kappa shape index (κ2) is 5.77. The predicted molar refractivity (Wildman–Crippen MR) is 66.9 cm³/mol. The molecule has 0 heterocycles. The Kier molecular flexibility index (Phi) is 4.97. The molecule has 0 radical (unpaired) electrons. The van der Waals surface area contributed by atoms with Gasteiger partial charge < -0.3 is 0 Å². The van der Waals surface area contributed by atoms with Crippen LogP contribution in [0, 0.1) is 5.92 Å². The van der Waals surface area contributed by atoms with Crippen molar-refractivity contribution in [3.05, 3.63) is 34.3 Å². The van der Waals surface area contributed by atoms with E-state index in [-0.39, 0.29) is 5.38 Å². The van der Waals surface area contributed by atoms with E-state index in [1.807, 2.05) is 0 Å². The van der Waals surface area contributed by atoms with Crippen LogP contribution in [0.2, 0.25) is 0 Å². The third-order valence-electron chi connectivity index (χ3n) is 2.10. The Labute approximate surface area is 99.8 Å². The predicted octanol–water partition coefficient (Wildman–Crippen LogP) is 4.65. The molecule has 0 nitrogen and oxygen atoms in total. The number of rotatable bonds is 4. The van der Waals surface area contributed by atoms with Crippen molar-refractivity contribution in [2.75, 3.05) is 0 Å². The average Bonchev–Trinajstić information content (AvgIpc) is 2.07. The van der Waals surface area contributed by atoms with Gasteiger partial charge in [-0.1, -0.05) is 41.9 Å². The summed E-state index contributed by atoms with van der Waals surface area (Å²) < 4.78 is 1.12. The van der Waals surface area contributed by atoms with E-state index in [9.17, 15) is 0 Å². The molecule has 1 aromatic rings. The zero-order chi connectivity index (χ0) is 10.6. The molecule has 0 bridgehead atoms. The largest absolute Gasteiger partial charge is 0.123 e. The first-order valence-corrected chi connectivity index (χ1v) is 6.19. The Morgan fingerprint density at radius 2 is 1.79 bits per heavy atom. The molecule has 2 heteroatoms. The molecule has 0 aromatic heterocycles. The minimum absolute atomic E-state index is 0.260. The lowest BCUT2D eigenvalue weighted by Gasteiger charge is -2.11. The van der Waals surface area contributed by atoms with Gasteiger partial charge >= 0.3 is 0 Å². The third-order valence-corrected chi connectivity index (χ3v) is 2.96. The molecule has 14 heavy (non-hydrogen) atoms. The van der Waals surface area contributed by atoms with Gasteiger partial charge in [-0.25, -0.2) is 0 Å². The number of hydrogen-bond donors (Lipinski definition) is 0. The van der Waals surface area contributed by atoms with Crippen LogP contribution in [-0.2, 0) is 6.42 Å². The van der Waals surface area contributed by atoms with Crippen LogP contribution >= 0.6 is 27.5 Å². The van der Waals surface area contributed by atoms with Crippen molar-refractivity contribution >= 4 is 27.5 Å². The van der Waals surface area contributed by atoms with Crippen LogP contribution in [0.15, 0.2) is 28.7 Å². The van der Waals surface area contributed by atoms with Crippen LogP contribution in [0.5, 0.6) is 0 Å². The van der Waals surface area contributed by atoms with Crippen molar-refractivity contribution in [1.29, 1.82) is 0 Å². The topological polar surface area (TPSA) is 0 Å². The Morgan fingerprint density at radius 1 is 1.21 bits per heavy atom. The Balaban J connectivity index is 2.47. The Hall–Kier alpha value is -0.0100. The quantitative estimate of drug-likeness (QED) is 0.702. The summed E-state index contributed by atoms with van der Waals surface area (Å²) in [6, 6.07) is 8.38. The first-order chi connectivity index (χ1) is 6.58. The van der Waals surface area contributed by atoms with Crippen LogP contribution in [0.3, 0.4) is 0 Å². The van der Waals surface area contributed by atoms with Gasteiger partial charge in [-0.05, 0) is 36.5 Å². The van der Waals surface area contributed by atoms with Gasteiger partial charge in [-0.15, -0.1) is 11.6 Å². The lowest BCUT2D eigenvalue weighted by Crippen LogP contribution is -2.06. The molecular weight excluding hydrogens is 259 g/mol. The van der Waals surface area contributed by atoms with E-state index in [1.165, 1.54) is 5.56 Å². The van der Waals surface area contributed by atoms with E-state index < -0.39 is 0 Å². The van der Waals surface area contributed by atoms with Gasteiger partial charge in [0, 0.05) is 9.85 Å². The average molecular weight is 276 g/mol. The second-order valence-corrected chi connectivity index (χ2v) is 5.59. The van der Waals surface area contributed by atoms with Gasteiger partial charge in [-0.2, -0.15) is 0 Å². The summed E-state index contributed by atoms with van der Waals surface area (Å²) in [5, 5.41) is 0.260. The summed E-state index contributed by atoms with van der Waals surface area (Å²) in [5.41, 5.74) is 1.31. The molecule has 1 rings (SSSR count). The highest BCUT2D eigenvalue weighted by atomic mass is 79.9. The summed E-state index contributed by atoms with van der Waals surface area (Å²) in [5.74, 6) is 0.674. The molecule has 1 unspecified atom stereocenters. The van der Waals surface area contributed by atoms with E-state index in [0.717, 1.165) is 17.3 Å². The molecule has 0 aliphatic carbocycles. The fraction of sp³-hybridized carbons (Fsp3) is 0.500. The fourth-order valence-electron chi connectivity index (χ4n) is 1.47. The standard InChI is InChI=1S/C12H16BrCl/c1-9(2)7-12(14)8-10-3-5-11(13)6-4-10/h3-6,9,12H,7-8H2,1-2H3. The van der Waals surface area contributed by atoms with E-state index in [1.54, 1.807) is 0 Å². The van der Waals surface area contributed by atoms with E-state index >= 15 is 0 Å². The molecule has 0 aliphatic rings. The van der Waals surface area contributed by atoms with Gasteiger partial charge in [-0.3, -0.25) is 0 Å². The molecule has 1 atom stereocenters. The van der Waals surface area contributed by atoms with Gasteiger partial charge in [0.05, 0.1) is 0 Å². The smallest absolute Gasteiger partial charge is 0.0378 e. The Morgan fingerprint density at radius 3 is 2.29 bits per heavy atom. The van der Waals surface area contributed by atoms with Gasteiger partial charge in [0.25, 0.3) is 0 Å². The van der Waals surface area contributed by atoms with Crippen LogP contribution in [0.4, 0.5) is 0 Å². The van der Waals surface area contributed by atoms with Crippen LogP contribution in [-0.4, -0.2) is 5.38 Å². The normalized spacial score (nSPS) is 13.2. The zero-order valence-corrected chi connectivity index (χ0v) is 11.0. The summed E-state index contributed by atoms with van der Waals surface area (Å²) in [4.78, 5) is 0. The highest BCUT2D eigenvalue weighted by Gasteiger charge is 2.07. The minimum Gasteiger partial charge on any atom is -0.123 e.